The summed E-state index contributed by atoms with van der Waals surface area (Å²) in [7, 11) is 0. The van der Waals surface area contributed by atoms with Crippen molar-refractivity contribution in [1.29, 1.82) is 0 Å². The Kier molecular flexibility index (Phi) is 4.75. The number of carbonyl (C=O) groups is 1. The van der Waals surface area contributed by atoms with Crippen molar-refractivity contribution in [3.05, 3.63) is 62.9 Å². The molecule has 0 aliphatic carbocycles. The van der Waals surface area contributed by atoms with E-state index in [2.05, 4.69) is 54.7 Å². The Bertz CT molecular complexity index is 1010. The van der Waals surface area contributed by atoms with Crippen LogP contribution in [0.4, 0.5) is 5.69 Å². The lowest BCUT2D eigenvalue weighted by Gasteiger charge is -2.23. The first kappa shape index (κ1) is 19.0. The number of H-pyrrole nitrogens is 1. The molecule has 0 amide bonds. The molecule has 1 aromatic carbocycles. The van der Waals surface area contributed by atoms with Gasteiger partial charge in [0.15, 0.2) is 0 Å². The van der Waals surface area contributed by atoms with Crippen LogP contribution in [0.5, 0.6) is 0 Å². The van der Waals surface area contributed by atoms with Crippen LogP contribution in [0.15, 0.2) is 40.5 Å². The van der Waals surface area contributed by atoms with Crippen LogP contribution in [0.25, 0.3) is 6.08 Å². The average Bonchev–Trinajstić information content (AvgIpc) is 3.05. The van der Waals surface area contributed by atoms with Crippen molar-refractivity contribution in [2.24, 2.45) is 0 Å². The molecular weight excluding hydrogens is 338 g/mol. The van der Waals surface area contributed by atoms with Gasteiger partial charge in [0.25, 0.3) is 5.56 Å². The van der Waals surface area contributed by atoms with E-state index >= 15 is 0 Å². The Morgan fingerprint density at radius 3 is 2.56 bits per heavy atom. The van der Waals surface area contributed by atoms with Crippen molar-refractivity contribution >= 4 is 17.7 Å². The number of nitrogens with one attached hydrogen (secondary N) is 1. The molecule has 1 aliphatic rings. The molecule has 1 N–H and O–H groups in total. The van der Waals surface area contributed by atoms with E-state index in [1.165, 1.54) is 18.2 Å². The predicted octanol–water partition coefficient (Wildman–Crippen LogP) is 4.27. The van der Waals surface area contributed by atoms with Crippen LogP contribution < -0.4 is 10.5 Å². The fourth-order valence-electron chi connectivity index (χ4n) is 3.82. The molecule has 0 saturated heterocycles. The molecule has 5 heteroatoms. The highest BCUT2D eigenvalue weighted by Gasteiger charge is 2.39. The minimum absolute atomic E-state index is 0.0902. The van der Waals surface area contributed by atoms with Crippen LogP contribution in [0, 0.1) is 0 Å². The van der Waals surface area contributed by atoms with Crippen molar-refractivity contribution in [3.8, 4) is 0 Å². The Hall–Kier alpha value is -2.78. The number of aromatic nitrogens is 2. The highest BCUT2D eigenvalue weighted by atomic mass is 16.2. The number of anilines is 1. The molecule has 0 fully saturated rings. The van der Waals surface area contributed by atoms with E-state index in [1.807, 2.05) is 19.9 Å². The predicted molar refractivity (Wildman–Crippen MR) is 109 cm³/mol. The highest BCUT2D eigenvalue weighted by Crippen LogP contribution is 2.46. The van der Waals surface area contributed by atoms with Crippen LogP contribution in [-0.2, 0) is 5.41 Å². The molecule has 0 bridgehead atoms. The second-order valence-electron chi connectivity index (χ2n) is 7.78. The van der Waals surface area contributed by atoms with Crippen LogP contribution in [0.2, 0.25) is 0 Å². The fourth-order valence-corrected chi connectivity index (χ4v) is 3.82. The summed E-state index contributed by atoms with van der Waals surface area (Å²) in [4.78, 5) is 26.7. The summed E-state index contributed by atoms with van der Waals surface area (Å²) < 4.78 is 1.07. The van der Waals surface area contributed by atoms with Gasteiger partial charge in [-0.3, -0.25) is 14.7 Å². The molecular formula is C22H27N3O2. The molecule has 0 radical (unpaired) electrons. The number of nitrogens with zero attached hydrogens (tertiary/aromatic N) is 2. The van der Waals surface area contributed by atoms with Gasteiger partial charge in [-0.15, -0.1) is 0 Å². The number of benzene rings is 1. The molecule has 3 rings (SSSR count). The Balaban J connectivity index is 2.22. The number of hydrogen-bond acceptors (Lipinski definition) is 3. The van der Waals surface area contributed by atoms with Gasteiger partial charge in [0, 0.05) is 30.3 Å². The topological polar surface area (TPSA) is 58.1 Å². The number of rotatable bonds is 3. The van der Waals surface area contributed by atoms with E-state index < -0.39 is 0 Å². The van der Waals surface area contributed by atoms with E-state index in [0.29, 0.717) is 5.56 Å². The largest absolute Gasteiger partial charge is 0.338 e. The van der Waals surface area contributed by atoms with E-state index in [-0.39, 0.29) is 22.8 Å². The van der Waals surface area contributed by atoms with Gasteiger partial charge in [0.2, 0.25) is 5.91 Å². The lowest BCUT2D eigenvalue weighted by molar-refractivity contribution is 0.0916. The van der Waals surface area contributed by atoms with Crippen molar-refractivity contribution < 1.29 is 4.79 Å². The third-order valence-electron chi connectivity index (χ3n) is 5.25. The van der Waals surface area contributed by atoms with Crippen molar-refractivity contribution in [1.82, 2.24) is 9.78 Å². The monoisotopic (exact) mass is 365 g/mol. The molecule has 0 spiro atoms. The quantitative estimate of drug-likeness (QED) is 0.826. The van der Waals surface area contributed by atoms with Crippen molar-refractivity contribution in [2.75, 3.05) is 11.4 Å². The maximum Gasteiger partial charge on any atom is 0.281 e. The summed E-state index contributed by atoms with van der Waals surface area (Å²) in [6, 6.07) is 8.35. The number of allylic oxidation sites excluding steroid dienone is 1. The zero-order valence-corrected chi connectivity index (χ0v) is 16.9. The van der Waals surface area contributed by atoms with Gasteiger partial charge in [-0.2, -0.15) is 4.68 Å². The first-order valence-corrected chi connectivity index (χ1v) is 9.40. The van der Waals surface area contributed by atoms with E-state index in [9.17, 15) is 9.59 Å². The van der Waals surface area contributed by atoms with Gasteiger partial charge in [-0.1, -0.05) is 37.8 Å². The lowest BCUT2D eigenvalue weighted by Crippen LogP contribution is -2.25. The molecule has 27 heavy (non-hydrogen) atoms. The van der Waals surface area contributed by atoms with Gasteiger partial charge in [0.1, 0.15) is 0 Å². The van der Waals surface area contributed by atoms with E-state index in [4.69, 9.17) is 0 Å². The summed E-state index contributed by atoms with van der Waals surface area (Å²) in [5.74, 6) is -0.231. The summed E-state index contributed by atoms with van der Waals surface area (Å²) in [6.07, 6.45) is 1.74. The number of hydrogen-bond donors (Lipinski definition) is 1. The van der Waals surface area contributed by atoms with Crippen molar-refractivity contribution in [3.63, 3.8) is 0 Å². The number of para-hydroxylation sites is 1. The average molecular weight is 365 g/mol. The van der Waals surface area contributed by atoms with Gasteiger partial charge in [-0.25, -0.2) is 0 Å². The third kappa shape index (κ3) is 2.98. The molecule has 0 unspecified atom stereocenters. The molecule has 5 nitrogen and oxygen atoms in total. The molecule has 1 aliphatic heterocycles. The number of carbonyl (C=O) groups excluding carboxylic acids is 1. The third-order valence-corrected chi connectivity index (χ3v) is 5.25. The van der Waals surface area contributed by atoms with E-state index in [0.717, 1.165) is 22.6 Å². The van der Waals surface area contributed by atoms with Crippen LogP contribution in [0.1, 0.15) is 69.1 Å². The van der Waals surface area contributed by atoms with Gasteiger partial charge in [-0.05, 0) is 44.4 Å². The number of aromatic amines is 1. The smallest absolute Gasteiger partial charge is 0.281 e. The Morgan fingerprint density at radius 1 is 1.30 bits per heavy atom. The van der Waals surface area contributed by atoms with Crippen molar-refractivity contribution in [2.45, 2.75) is 52.9 Å². The second kappa shape index (κ2) is 6.75. The second-order valence-corrected chi connectivity index (χ2v) is 7.78. The van der Waals surface area contributed by atoms with Crippen LogP contribution >= 0.6 is 0 Å². The van der Waals surface area contributed by atoms with E-state index in [1.54, 1.807) is 6.08 Å². The first-order valence-electron chi connectivity index (χ1n) is 9.40. The zero-order chi connectivity index (χ0) is 19.9. The first-order chi connectivity index (χ1) is 12.7. The standard InChI is InChI=1S/C22H27N3O2/c1-7-24-18-11-9-8-10-17(18)22(5,6)19(24)13-12-16-20(14(2)3)23-25(15(4)26)21(16)27/h8-12,14,23H,7H2,1-6H3. The summed E-state index contributed by atoms with van der Waals surface area (Å²) in [5, 5.41) is 2.95. The maximum atomic E-state index is 12.7. The molecule has 0 saturated carbocycles. The summed E-state index contributed by atoms with van der Waals surface area (Å²) >= 11 is 0. The number of likely N-dealkylation sites (N-methyl/N-ethyl adjacent to an activating group) is 1. The lowest BCUT2D eigenvalue weighted by atomic mass is 9.84. The Labute approximate surface area is 160 Å². The Morgan fingerprint density at radius 2 is 1.96 bits per heavy atom. The molecule has 1 aromatic heterocycles. The molecule has 0 atom stereocenters. The molecule has 2 aromatic rings. The van der Waals surface area contributed by atoms with Crippen LogP contribution in [0.3, 0.4) is 0 Å². The minimum Gasteiger partial charge on any atom is -0.338 e. The zero-order valence-electron chi connectivity index (χ0n) is 16.9. The minimum atomic E-state index is -0.323. The maximum absolute atomic E-state index is 12.7. The molecule has 2 heterocycles. The van der Waals surface area contributed by atoms with Gasteiger partial charge >= 0.3 is 0 Å². The van der Waals surface area contributed by atoms with Gasteiger partial charge < -0.3 is 4.90 Å². The molecule has 142 valence electrons. The fraction of sp³-hybridized carbons (Fsp3) is 0.409. The highest BCUT2D eigenvalue weighted by molar-refractivity contribution is 5.76. The SMILES string of the molecule is CCN1C(=C=Cc2c(C(C)C)[nH]n(C(C)=O)c2=O)C(C)(C)c2ccccc21. The summed E-state index contributed by atoms with van der Waals surface area (Å²) in [6.45, 7) is 12.6. The normalized spacial score (nSPS) is 15.1. The van der Waals surface area contributed by atoms with Gasteiger partial charge in [0.05, 0.1) is 11.3 Å². The number of fused-ring (bicyclic) bond motifs is 1. The van der Waals surface area contributed by atoms with Crippen LogP contribution in [-0.4, -0.2) is 22.2 Å². The summed E-state index contributed by atoms with van der Waals surface area (Å²) in [5.41, 5.74) is 7.56.